The van der Waals surface area contributed by atoms with E-state index in [1.165, 1.54) is 24.8 Å². The molecular formula is C21H21FN4O2S. The van der Waals surface area contributed by atoms with E-state index in [4.69, 9.17) is 0 Å². The van der Waals surface area contributed by atoms with E-state index < -0.39 is 6.04 Å². The molecule has 1 N–H and O–H groups in total. The quantitative estimate of drug-likeness (QED) is 0.576. The Balaban J connectivity index is 1.62. The third kappa shape index (κ3) is 5.29. The van der Waals surface area contributed by atoms with Crippen molar-refractivity contribution in [2.45, 2.75) is 24.5 Å². The number of hydrogen-bond donors (Lipinski definition) is 1. The highest BCUT2D eigenvalue weighted by Crippen LogP contribution is 2.24. The molecule has 0 spiro atoms. The second-order valence-corrected chi connectivity index (χ2v) is 7.50. The van der Waals surface area contributed by atoms with Crippen molar-refractivity contribution in [3.8, 4) is 11.4 Å². The predicted molar refractivity (Wildman–Crippen MR) is 110 cm³/mol. The minimum absolute atomic E-state index is 0.0712. The van der Waals surface area contributed by atoms with Crippen molar-refractivity contribution >= 4 is 23.5 Å². The number of halogens is 1. The zero-order valence-corrected chi connectivity index (χ0v) is 16.9. The zero-order chi connectivity index (χ0) is 20.8. The van der Waals surface area contributed by atoms with Gasteiger partial charge in [0.1, 0.15) is 5.82 Å². The lowest BCUT2D eigenvalue weighted by Gasteiger charge is -2.16. The molecule has 1 aromatic heterocycles. The van der Waals surface area contributed by atoms with Crippen LogP contribution < -0.4 is 5.32 Å². The van der Waals surface area contributed by atoms with Crippen molar-refractivity contribution in [1.82, 2.24) is 20.1 Å². The summed E-state index contributed by atoms with van der Waals surface area (Å²) in [5.74, 6) is -0.310. The number of carbonyl (C=O) groups excluding carboxylic acids is 2. The summed E-state index contributed by atoms with van der Waals surface area (Å²) in [4.78, 5) is 24.3. The van der Waals surface area contributed by atoms with Crippen LogP contribution in [0.25, 0.3) is 11.4 Å². The molecule has 2 aromatic carbocycles. The topological polar surface area (TPSA) is 76.9 Å². The fraction of sp³-hybridized carbons (Fsp3) is 0.238. The lowest BCUT2D eigenvalue weighted by molar-refractivity contribution is -0.125. The Hall–Kier alpha value is -3.00. The minimum atomic E-state index is -0.584. The SMILES string of the molecule is CC(=O)[C@@H](Cc1ccccc1)NC(=O)CSc1nnc(-c2ccccc2F)n1C. The van der Waals surface area contributed by atoms with Crippen LogP contribution in [0.2, 0.25) is 0 Å². The molecule has 0 saturated heterocycles. The van der Waals surface area contributed by atoms with Crippen LogP contribution in [-0.2, 0) is 23.1 Å². The van der Waals surface area contributed by atoms with Crippen molar-refractivity contribution in [2.75, 3.05) is 5.75 Å². The third-order valence-corrected chi connectivity index (χ3v) is 5.41. The Morgan fingerprint density at radius 1 is 1.10 bits per heavy atom. The van der Waals surface area contributed by atoms with Gasteiger partial charge < -0.3 is 9.88 Å². The van der Waals surface area contributed by atoms with E-state index in [1.807, 2.05) is 30.3 Å². The largest absolute Gasteiger partial charge is 0.345 e. The number of aromatic nitrogens is 3. The summed E-state index contributed by atoms with van der Waals surface area (Å²) in [5, 5.41) is 11.3. The molecule has 6 nitrogen and oxygen atoms in total. The smallest absolute Gasteiger partial charge is 0.231 e. The van der Waals surface area contributed by atoms with Crippen LogP contribution in [0.3, 0.4) is 0 Å². The molecule has 29 heavy (non-hydrogen) atoms. The van der Waals surface area contributed by atoms with Crippen molar-refractivity contribution < 1.29 is 14.0 Å². The van der Waals surface area contributed by atoms with E-state index in [2.05, 4.69) is 15.5 Å². The van der Waals surface area contributed by atoms with Gasteiger partial charge in [-0.3, -0.25) is 9.59 Å². The molecule has 0 bridgehead atoms. The maximum absolute atomic E-state index is 14.0. The Labute approximate surface area is 172 Å². The molecule has 1 heterocycles. The summed E-state index contributed by atoms with van der Waals surface area (Å²) in [5.41, 5.74) is 1.32. The third-order valence-electron chi connectivity index (χ3n) is 4.39. The number of amides is 1. The first-order valence-corrected chi connectivity index (χ1v) is 10.0. The Bertz CT molecular complexity index is 1010. The van der Waals surface area contributed by atoms with E-state index in [0.717, 1.165) is 5.56 Å². The Morgan fingerprint density at radius 2 is 1.79 bits per heavy atom. The number of benzene rings is 2. The summed E-state index contributed by atoms with van der Waals surface area (Å²) in [6.45, 7) is 1.46. The molecule has 0 unspecified atom stereocenters. The summed E-state index contributed by atoms with van der Waals surface area (Å²) >= 11 is 1.18. The number of carbonyl (C=O) groups is 2. The summed E-state index contributed by atoms with van der Waals surface area (Å²) in [6.07, 6.45) is 0.438. The molecule has 150 valence electrons. The molecule has 0 aliphatic rings. The molecule has 0 saturated carbocycles. The first-order valence-electron chi connectivity index (χ1n) is 9.06. The fourth-order valence-electron chi connectivity index (χ4n) is 2.83. The summed E-state index contributed by atoms with van der Waals surface area (Å²) in [7, 11) is 1.72. The average Bonchev–Trinajstić information content (AvgIpc) is 3.07. The second kappa shape index (κ2) is 9.47. The number of hydrogen-bond acceptors (Lipinski definition) is 5. The number of nitrogens with one attached hydrogen (secondary N) is 1. The van der Waals surface area contributed by atoms with Gasteiger partial charge in [0.25, 0.3) is 0 Å². The number of ketones is 1. The van der Waals surface area contributed by atoms with Crippen molar-refractivity contribution in [3.05, 3.63) is 66.0 Å². The van der Waals surface area contributed by atoms with E-state index in [0.29, 0.717) is 23.0 Å². The van der Waals surface area contributed by atoms with E-state index in [9.17, 15) is 14.0 Å². The van der Waals surface area contributed by atoms with E-state index >= 15 is 0 Å². The highest BCUT2D eigenvalue weighted by atomic mass is 32.2. The number of Topliss-reactive ketones (excluding diaryl/α,β-unsaturated/α-hetero) is 1. The van der Waals surface area contributed by atoms with E-state index in [1.54, 1.807) is 29.8 Å². The molecule has 3 rings (SSSR count). The van der Waals surface area contributed by atoms with Gasteiger partial charge in [0.05, 0.1) is 17.4 Å². The van der Waals surface area contributed by atoms with E-state index in [-0.39, 0.29) is 23.3 Å². The van der Waals surface area contributed by atoms with Gasteiger partial charge in [0.15, 0.2) is 16.8 Å². The van der Waals surface area contributed by atoms with Crippen molar-refractivity contribution in [2.24, 2.45) is 7.05 Å². The van der Waals surface area contributed by atoms with Crippen molar-refractivity contribution in [1.29, 1.82) is 0 Å². The maximum Gasteiger partial charge on any atom is 0.231 e. The molecule has 1 atom stereocenters. The number of nitrogens with zero attached hydrogens (tertiary/aromatic N) is 3. The van der Waals surface area contributed by atoms with Crippen LogP contribution in [0.4, 0.5) is 4.39 Å². The highest BCUT2D eigenvalue weighted by Gasteiger charge is 2.19. The minimum Gasteiger partial charge on any atom is -0.345 e. The highest BCUT2D eigenvalue weighted by molar-refractivity contribution is 7.99. The van der Waals surface area contributed by atoms with Gasteiger partial charge in [0.2, 0.25) is 5.91 Å². The fourth-order valence-corrected chi connectivity index (χ4v) is 3.55. The lowest BCUT2D eigenvalue weighted by atomic mass is 10.0. The Kier molecular flexibility index (Phi) is 6.77. The van der Waals surface area contributed by atoms with Crippen LogP contribution in [0.15, 0.2) is 59.8 Å². The van der Waals surface area contributed by atoms with Gasteiger partial charge >= 0.3 is 0 Å². The molecule has 1 amide bonds. The molecule has 0 fully saturated rings. The first-order chi connectivity index (χ1) is 14.0. The van der Waals surface area contributed by atoms with Crippen LogP contribution >= 0.6 is 11.8 Å². The summed E-state index contributed by atoms with van der Waals surface area (Å²) < 4.78 is 15.6. The lowest BCUT2D eigenvalue weighted by Crippen LogP contribution is -2.42. The Morgan fingerprint density at radius 3 is 2.48 bits per heavy atom. The zero-order valence-electron chi connectivity index (χ0n) is 16.1. The number of thioether (sulfide) groups is 1. The van der Waals surface area contributed by atoms with Gasteiger partial charge in [-0.2, -0.15) is 0 Å². The number of rotatable bonds is 8. The first kappa shape index (κ1) is 20.7. The van der Waals surface area contributed by atoms with Crippen LogP contribution in [-0.4, -0.2) is 38.2 Å². The van der Waals surface area contributed by atoms with Crippen molar-refractivity contribution in [3.63, 3.8) is 0 Å². The molecule has 8 heteroatoms. The van der Waals surface area contributed by atoms with Gasteiger partial charge in [0, 0.05) is 7.05 Å². The standard InChI is InChI=1S/C21H21FN4O2S/c1-14(27)18(12-15-8-4-3-5-9-15)23-19(28)13-29-21-25-24-20(26(21)2)16-10-6-7-11-17(16)22/h3-11,18H,12-13H2,1-2H3,(H,23,28)/t18-/m1/s1. The summed E-state index contributed by atoms with van der Waals surface area (Å²) in [6, 6.07) is 15.3. The van der Waals surface area contributed by atoms with Crippen LogP contribution in [0, 0.1) is 5.82 Å². The molecular weight excluding hydrogens is 391 g/mol. The van der Waals surface area contributed by atoms with Gasteiger partial charge in [-0.1, -0.05) is 54.2 Å². The van der Waals surface area contributed by atoms with Gasteiger partial charge in [-0.15, -0.1) is 10.2 Å². The molecule has 3 aromatic rings. The second-order valence-electron chi connectivity index (χ2n) is 6.55. The predicted octanol–water partition coefficient (Wildman–Crippen LogP) is 3.03. The van der Waals surface area contributed by atoms with Gasteiger partial charge in [-0.25, -0.2) is 4.39 Å². The molecule has 0 radical (unpaired) electrons. The maximum atomic E-state index is 14.0. The monoisotopic (exact) mass is 412 g/mol. The van der Waals surface area contributed by atoms with Gasteiger partial charge in [-0.05, 0) is 31.0 Å². The van der Waals surface area contributed by atoms with Crippen LogP contribution in [0.5, 0.6) is 0 Å². The normalized spacial score (nSPS) is 11.8. The van der Waals surface area contributed by atoms with Crippen LogP contribution in [0.1, 0.15) is 12.5 Å². The molecule has 0 aliphatic carbocycles. The average molecular weight is 412 g/mol. The molecule has 0 aliphatic heterocycles.